The molecule has 3 aromatic rings. The van der Waals surface area contributed by atoms with E-state index < -0.39 is 6.10 Å². The second-order valence-corrected chi connectivity index (χ2v) is 8.89. The summed E-state index contributed by atoms with van der Waals surface area (Å²) in [7, 11) is 0. The second-order valence-electron chi connectivity index (χ2n) is 8.45. The van der Waals surface area contributed by atoms with Crippen molar-refractivity contribution in [1.82, 2.24) is 4.90 Å². The van der Waals surface area contributed by atoms with Crippen molar-refractivity contribution in [2.75, 3.05) is 19.7 Å². The van der Waals surface area contributed by atoms with Crippen LogP contribution in [0.2, 0.25) is 5.02 Å². The molecule has 0 radical (unpaired) electrons. The molecule has 5 nitrogen and oxygen atoms in total. The van der Waals surface area contributed by atoms with Crippen LogP contribution in [0.3, 0.4) is 0 Å². The standard InChI is InChI=1S/C27H28ClFN2O3/c28-23-10-8-22(9-11-23)27-14-26(34-30-27)17-31(15-20-6-12-24(29)13-7-20)16-25(32)19-33-18-21-4-2-1-3-5-21/h1-13,25-26,32H,14-19H2/t25-,26+/m0/s1. The Morgan fingerprint density at radius 1 is 1.03 bits per heavy atom. The molecule has 178 valence electrons. The molecule has 0 saturated heterocycles. The van der Waals surface area contributed by atoms with E-state index in [9.17, 15) is 9.50 Å². The van der Waals surface area contributed by atoms with E-state index in [1.807, 2.05) is 54.6 Å². The van der Waals surface area contributed by atoms with E-state index >= 15 is 0 Å². The first kappa shape index (κ1) is 24.4. The Labute approximate surface area is 204 Å². The molecule has 0 saturated carbocycles. The zero-order valence-electron chi connectivity index (χ0n) is 18.8. The number of halogens is 2. The first-order valence-electron chi connectivity index (χ1n) is 11.3. The Bertz CT molecular complexity index is 1060. The maximum Gasteiger partial charge on any atom is 0.145 e. The Hall–Kier alpha value is -2.77. The number of ether oxygens (including phenoxy) is 1. The predicted molar refractivity (Wildman–Crippen MR) is 131 cm³/mol. The first-order chi connectivity index (χ1) is 16.5. The molecular formula is C27H28ClFN2O3. The number of aliphatic hydroxyl groups is 1. The molecule has 34 heavy (non-hydrogen) atoms. The average Bonchev–Trinajstić information content (AvgIpc) is 3.30. The fraction of sp³-hybridized carbons (Fsp3) is 0.296. The van der Waals surface area contributed by atoms with Gasteiger partial charge in [0.05, 0.1) is 25.0 Å². The van der Waals surface area contributed by atoms with Gasteiger partial charge in [-0.05, 0) is 41.0 Å². The van der Waals surface area contributed by atoms with Gasteiger partial charge in [-0.2, -0.15) is 0 Å². The van der Waals surface area contributed by atoms with Crippen molar-refractivity contribution in [3.05, 3.63) is 106 Å². The minimum absolute atomic E-state index is 0.149. The van der Waals surface area contributed by atoms with Crippen molar-refractivity contribution in [2.45, 2.75) is 31.8 Å². The van der Waals surface area contributed by atoms with E-state index in [-0.39, 0.29) is 18.5 Å². The van der Waals surface area contributed by atoms with Gasteiger partial charge in [0.2, 0.25) is 0 Å². The molecule has 0 amide bonds. The summed E-state index contributed by atoms with van der Waals surface area (Å²) in [6.45, 7) is 2.16. The number of aliphatic hydroxyl groups excluding tert-OH is 1. The topological polar surface area (TPSA) is 54.3 Å². The van der Waals surface area contributed by atoms with Crippen LogP contribution in [0.15, 0.2) is 84.0 Å². The van der Waals surface area contributed by atoms with Gasteiger partial charge in [0, 0.05) is 31.1 Å². The molecule has 0 aromatic heterocycles. The van der Waals surface area contributed by atoms with Gasteiger partial charge >= 0.3 is 0 Å². The van der Waals surface area contributed by atoms with Gasteiger partial charge in [-0.25, -0.2) is 4.39 Å². The number of oxime groups is 1. The summed E-state index contributed by atoms with van der Waals surface area (Å²) in [6.07, 6.45) is -0.173. The van der Waals surface area contributed by atoms with Gasteiger partial charge in [0.25, 0.3) is 0 Å². The monoisotopic (exact) mass is 482 g/mol. The summed E-state index contributed by atoms with van der Waals surface area (Å²) in [5.41, 5.74) is 3.86. The zero-order valence-corrected chi connectivity index (χ0v) is 19.6. The summed E-state index contributed by atoms with van der Waals surface area (Å²) in [6, 6.07) is 23.8. The molecule has 0 bridgehead atoms. The first-order valence-corrected chi connectivity index (χ1v) is 11.7. The third kappa shape index (κ3) is 7.37. The normalized spacial score (nSPS) is 16.4. The Kier molecular flexibility index (Phi) is 8.66. The van der Waals surface area contributed by atoms with E-state index in [1.165, 1.54) is 12.1 Å². The van der Waals surface area contributed by atoms with E-state index in [0.29, 0.717) is 37.7 Å². The SMILES string of the molecule is O[C@H](COCc1ccccc1)CN(Cc1ccc(F)cc1)C[C@H]1CC(c2ccc(Cl)cc2)=NO1. The molecule has 0 unspecified atom stereocenters. The second kappa shape index (κ2) is 12.1. The maximum atomic E-state index is 13.4. The molecule has 3 aromatic carbocycles. The summed E-state index contributed by atoms with van der Waals surface area (Å²) in [5.74, 6) is -0.273. The number of hydrogen-bond acceptors (Lipinski definition) is 5. The zero-order chi connectivity index (χ0) is 23.8. The lowest BCUT2D eigenvalue weighted by atomic mass is 10.0. The van der Waals surface area contributed by atoms with Gasteiger partial charge in [0.15, 0.2) is 0 Å². The fourth-order valence-electron chi connectivity index (χ4n) is 3.92. The van der Waals surface area contributed by atoms with Crippen molar-refractivity contribution in [1.29, 1.82) is 0 Å². The largest absolute Gasteiger partial charge is 0.390 e. The van der Waals surface area contributed by atoms with Gasteiger partial charge in [-0.1, -0.05) is 71.4 Å². The molecule has 1 N–H and O–H groups in total. The highest BCUT2D eigenvalue weighted by atomic mass is 35.5. The van der Waals surface area contributed by atoms with Crippen LogP contribution in [-0.4, -0.2) is 47.6 Å². The molecule has 2 atom stereocenters. The molecule has 0 aliphatic carbocycles. The number of nitrogens with zero attached hydrogens (tertiary/aromatic N) is 2. The van der Waals surface area contributed by atoms with Crippen molar-refractivity contribution in [3.63, 3.8) is 0 Å². The van der Waals surface area contributed by atoms with E-state index in [1.54, 1.807) is 12.1 Å². The van der Waals surface area contributed by atoms with Crippen LogP contribution in [0.1, 0.15) is 23.1 Å². The van der Waals surface area contributed by atoms with E-state index in [0.717, 1.165) is 22.4 Å². The van der Waals surface area contributed by atoms with Crippen molar-refractivity contribution in [3.8, 4) is 0 Å². The van der Waals surface area contributed by atoms with Gasteiger partial charge in [-0.15, -0.1) is 0 Å². The van der Waals surface area contributed by atoms with Crippen LogP contribution >= 0.6 is 11.6 Å². The quantitative estimate of drug-likeness (QED) is 0.415. The lowest BCUT2D eigenvalue weighted by Crippen LogP contribution is -2.39. The Balaban J connectivity index is 1.33. The summed E-state index contributed by atoms with van der Waals surface area (Å²) in [5, 5.41) is 15.6. The number of benzene rings is 3. The van der Waals surface area contributed by atoms with Gasteiger partial charge in [0.1, 0.15) is 11.9 Å². The van der Waals surface area contributed by atoms with Crippen molar-refractivity contribution in [2.24, 2.45) is 5.16 Å². The highest BCUT2D eigenvalue weighted by Gasteiger charge is 2.26. The molecule has 1 aliphatic heterocycles. The highest BCUT2D eigenvalue weighted by molar-refractivity contribution is 6.30. The summed E-state index contributed by atoms with van der Waals surface area (Å²) < 4.78 is 19.1. The Morgan fingerprint density at radius 3 is 2.50 bits per heavy atom. The van der Waals surface area contributed by atoms with Crippen LogP contribution in [0.5, 0.6) is 0 Å². The smallest absolute Gasteiger partial charge is 0.145 e. The average molecular weight is 483 g/mol. The molecular weight excluding hydrogens is 455 g/mol. The summed E-state index contributed by atoms with van der Waals surface area (Å²) in [4.78, 5) is 7.79. The summed E-state index contributed by atoms with van der Waals surface area (Å²) >= 11 is 5.99. The lowest BCUT2D eigenvalue weighted by Gasteiger charge is -2.27. The van der Waals surface area contributed by atoms with Crippen LogP contribution < -0.4 is 0 Å². The minimum atomic E-state index is -0.679. The maximum absolute atomic E-state index is 13.4. The molecule has 7 heteroatoms. The van der Waals surface area contributed by atoms with E-state index in [2.05, 4.69) is 10.1 Å². The molecule has 1 aliphatic rings. The lowest BCUT2D eigenvalue weighted by molar-refractivity contribution is -0.00649. The van der Waals surface area contributed by atoms with Crippen molar-refractivity contribution >= 4 is 17.3 Å². The van der Waals surface area contributed by atoms with Crippen LogP contribution in [0.25, 0.3) is 0 Å². The van der Waals surface area contributed by atoms with Crippen LogP contribution in [0, 0.1) is 5.82 Å². The molecule has 0 fully saturated rings. The predicted octanol–water partition coefficient (Wildman–Crippen LogP) is 5.05. The molecule has 1 heterocycles. The molecule has 0 spiro atoms. The molecule has 4 rings (SSSR count). The number of hydrogen-bond donors (Lipinski definition) is 1. The van der Waals surface area contributed by atoms with Crippen LogP contribution in [0.4, 0.5) is 4.39 Å². The van der Waals surface area contributed by atoms with E-state index in [4.69, 9.17) is 21.2 Å². The van der Waals surface area contributed by atoms with Gasteiger partial charge < -0.3 is 14.7 Å². The number of rotatable bonds is 11. The third-order valence-corrected chi connectivity index (χ3v) is 5.83. The minimum Gasteiger partial charge on any atom is -0.390 e. The Morgan fingerprint density at radius 2 is 1.76 bits per heavy atom. The fourth-order valence-corrected chi connectivity index (χ4v) is 4.04. The van der Waals surface area contributed by atoms with Crippen molar-refractivity contribution < 1.29 is 19.1 Å². The van der Waals surface area contributed by atoms with Crippen LogP contribution in [-0.2, 0) is 22.7 Å². The third-order valence-electron chi connectivity index (χ3n) is 5.58. The van der Waals surface area contributed by atoms with Gasteiger partial charge in [-0.3, -0.25) is 4.90 Å². The highest BCUT2D eigenvalue weighted by Crippen LogP contribution is 2.20.